The molecule has 0 amide bonds. The lowest BCUT2D eigenvalue weighted by molar-refractivity contribution is -0.117. The van der Waals surface area contributed by atoms with Crippen molar-refractivity contribution < 1.29 is 9.53 Å². The van der Waals surface area contributed by atoms with Gasteiger partial charge in [-0.05, 0) is 32.7 Å². The minimum Gasteiger partial charge on any atom is -0.383 e. The lowest BCUT2D eigenvalue weighted by Gasteiger charge is -2.30. The van der Waals surface area contributed by atoms with Crippen LogP contribution >= 0.6 is 0 Å². The molecule has 0 aliphatic carbocycles. The topological polar surface area (TPSA) is 29.5 Å². The molecular formula is C13H27NO2. The Hall–Kier alpha value is -0.410. The van der Waals surface area contributed by atoms with Crippen LogP contribution in [-0.2, 0) is 9.53 Å². The zero-order valence-electron chi connectivity index (χ0n) is 11.3. The summed E-state index contributed by atoms with van der Waals surface area (Å²) >= 11 is 0. The molecule has 96 valence electrons. The first kappa shape index (κ1) is 15.6. The highest BCUT2D eigenvalue weighted by molar-refractivity contribution is 5.75. The molecule has 0 spiro atoms. The summed E-state index contributed by atoms with van der Waals surface area (Å²) < 4.78 is 5.13. The van der Waals surface area contributed by atoms with Gasteiger partial charge in [0.25, 0.3) is 0 Å². The van der Waals surface area contributed by atoms with Crippen LogP contribution in [0.4, 0.5) is 0 Å². The summed E-state index contributed by atoms with van der Waals surface area (Å²) in [4.78, 5) is 13.4. The van der Waals surface area contributed by atoms with Gasteiger partial charge in [-0.2, -0.15) is 0 Å². The number of methoxy groups -OCH3 is 1. The first-order valence-electron chi connectivity index (χ1n) is 6.38. The van der Waals surface area contributed by atoms with Crippen molar-refractivity contribution in [3.63, 3.8) is 0 Å². The maximum atomic E-state index is 10.9. The average molecular weight is 229 g/mol. The van der Waals surface area contributed by atoms with Gasteiger partial charge in [0.1, 0.15) is 5.78 Å². The van der Waals surface area contributed by atoms with Gasteiger partial charge in [0.05, 0.1) is 6.61 Å². The Morgan fingerprint density at radius 2 is 1.88 bits per heavy atom. The first-order valence-corrected chi connectivity index (χ1v) is 6.38. The SMILES string of the molecule is CCC(CC)N(CCCC(C)=O)CCOC. The van der Waals surface area contributed by atoms with E-state index in [-0.39, 0.29) is 5.78 Å². The smallest absolute Gasteiger partial charge is 0.129 e. The Labute approximate surface area is 100 Å². The fourth-order valence-electron chi connectivity index (χ4n) is 2.02. The molecule has 3 heteroatoms. The molecule has 0 rings (SSSR count). The number of Topliss-reactive ketones (excluding diaryl/α,β-unsaturated/α-hetero) is 1. The van der Waals surface area contributed by atoms with Crippen LogP contribution in [0.1, 0.15) is 46.5 Å². The van der Waals surface area contributed by atoms with E-state index in [2.05, 4.69) is 18.7 Å². The minimum absolute atomic E-state index is 0.288. The fourth-order valence-corrected chi connectivity index (χ4v) is 2.02. The second kappa shape index (κ2) is 9.79. The van der Waals surface area contributed by atoms with Gasteiger partial charge in [-0.3, -0.25) is 4.90 Å². The fraction of sp³-hybridized carbons (Fsp3) is 0.923. The lowest BCUT2D eigenvalue weighted by atomic mass is 10.1. The van der Waals surface area contributed by atoms with Crippen LogP contribution in [0.5, 0.6) is 0 Å². The quantitative estimate of drug-likeness (QED) is 0.576. The summed E-state index contributed by atoms with van der Waals surface area (Å²) in [7, 11) is 1.74. The van der Waals surface area contributed by atoms with Crippen LogP contribution in [0.15, 0.2) is 0 Å². The molecule has 0 fully saturated rings. The monoisotopic (exact) mass is 229 g/mol. The largest absolute Gasteiger partial charge is 0.383 e. The number of rotatable bonds is 10. The molecule has 3 nitrogen and oxygen atoms in total. The molecule has 0 saturated heterocycles. The summed E-state index contributed by atoms with van der Waals surface area (Å²) in [6.45, 7) is 8.86. The van der Waals surface area contributed by atoms with E-state index in [9.17, 15) is 4.79 Å². The van der Waals surface area contributed by atoms with E-state index in [1.165, 1.54) is 12.8 Å². The van der Waals surface area contributed by atoms with Gasteiger partial charge in [0.2, 0.25) is 0 Å². The molecule has 0 unspecified atom stereocenters. The van der Waals surface area contributed by atoms with Crippen LogP contribution in [0.25, 0.3) is 0 Å². The molecule has 0 saturated carbocycles. The Morgan fingerprint density at radius 1 is 1.25 bits per heavy atom. The first-order chi connectivity index (χ1) is 7.65. The molecule has 0 heterocycles. The van der Waals surface area contributed by atoms with E-state index >= 15 is 0 Å². The van der Waals surface area contributed by atoms with Crippen LogP contribution in [-0.4, -0.2) is 43.5 Å². The van der Waals surface area contributed by atoms with Crippen molar-refractivity contribution in [2.45, 2.75) is 52.5 Å². The maximum Gasteiger partial charge on any atom is 0.129 e. The number of carbonyl (C=O) groups is 1. The summed E-state index contributed by atoms with van der Waals surface area (Å²) in [5, 5.41) is 0. The minimum atomic E-state index is 0.288. The molecule has 0 aromatic carbocycles. The molecule has 16 heavy (non-hydrogen) atoms. The van der Waals surface area contributed by atoms with E-state index in [0.717, 1.165) is 26.1 Å². The van der Waals surface area contributed by atoms with Crippen LogP contribution in [0.2, 0.25) is 0 Å². The Balaban J connectivity index is 4.02. The van der Waals surface area contributed by atoms with Crippen molar-refractivity contribution in [2.75, 3.05) is 26.8 Å². The third-order valence-corrected chi connectivity index (χ3v) is 3.02. The van der Waals surface area contributed by atoms with Crippen molar-refractivity contribution >= 4 is 5.78 Å². The molecule has 0 aromatic rings. The predicted octanol–water partition coefficient (Wildman–Crippen LogP) is 2.49. The lowest BCUT2D eigenvalue weighted by Crippen LogP contribution is -2.37. The van der Waals surface area contributed by atoms with Gasteiger partial charge in [-0.25, -0.2) is 0 Å². The highest BCUT2D eigenvalue weighted by Gasteiger charge is 2.14. The molecule has 0 radical (unpaired) electrons. The second-order valence-corrected chi connectivity index (χ2v) is 4.30. The van der Waals surface area contributed by atoms with Crippen LogP contribution < -0.4 is 0 Å². The van der Waals surface area contributed by atoms with E-state index in [4.69, 9.17) is 4.74 Å². The van der Waals surface area contributed by atoms with Crippen molar-refractivity contribution in [3.8, 4) is 0 Å². The van der Waals surface area contributed by atoms with E-state index in [1.54, 1.807) is 14.0 Å². The van der Waals surface area contributed by atoms with E-state index in [1.807, 2.05) is 0 Å². The zero-order chi connectivity index (χ0) is 12.4. The Kier molecular flexibility index (Phi) is 9.54. The summed E-state index contributed by atoms with van der Waals surface area (Å²) in [5.74, 6) is 0.288. The van der Waals surface area contributed by atoms with Gasteiger partial charge in [-0.1, -0.05) is 13.8 Å². The van der Waals surface area contributed by atoms with Crippen LogP contribution in [0.3, 0.4) is 0 Å². The Morgan fingerprint density at radius 3 is 2.31 bits per heavy atom. The second-order valence-electron chi connectivity index (χ2n) is 4.30. The normalized spacial score (nSPS) is 11.4. The molecule has 0 atom stereocenters. The summed E-state index contributed by atoms with van der Waals surface area (Å²) in [6, 6.07) is 0.627. The van der Waals surface area contributed by atoms with Crippen molar-refractivity contribution in [1.29, 1.82) is 0 Å². The highest BCUT2D eigenvalue weighted by atomic mass is 16.5. The van der Waals surface area contributed by atoms with Gasteiger partial charge >= 0.3 is 0 Å². The number of carbonyl (C=O) groups excluding carboxylic acids is 1. The van der Waals surface area contributed by atoms with Crippen molar-refractivity contribution in [3.05, 3.63) is 0 Å². The maximum absolute atomic E-state index is 10.9. The van der Waals surface area contributed by atoms with E-state index in [0.29, 0.717) is 12.5 Å². The third kappa shape index (κ3) is 6.96. The van der Waals surface area contributed by atoms with Crippen molar-refractivity contribution in [1.82, 2.24) is 4.90 Å². The van der Waals surface area contributed by atoms with Gasteiger partial charge < -0.3 is 9.53 Å². The van der Waals surface area contributed by atoms with Crippen LogP contribution in [0, 0.1) is 0 Å². The number of ether oxygens (including phenoxy) is 1. The molecule has 0 aliphatic rings. The summed E-state index contributed by atoms with van der Waals surface area (Å²) in [5.41, 5.74) is 0. The number of ketones is 1. The molecule has 0 aromatic heterocycles. The zero-order valence-corrected chi connectivity index (χ0v) is 11.3. The predicted molar refractivity (Wildman–Crippen MR) is 67.7 cm³/mol. The molecule has 0 aliphatic heterocycles. The van der Waals surface area contributed by atoms with Gasteiger partial charge in [-0.15, -0.1) is 0 Å². The Bertz CT molecular complexity index is 179. The van der Waals surface area contributed by atoms with Crippen molar-refractivity contribution in [2.24, 2.45) is 0 Å². The number of hydrogen-bond donors (Lipinski definition) is 0. The average Bonchev–Trinajstić information content (AvgIpc) is 2.26. The van der Waals surface area contributed by atoms with E-state index < -0.39 is 0 Å². The molecule has 0 bridgehead atoms. The van der Waals surface area contributed by atoms with Gasteiger partial charge in [0, 0.05) is 26.1 Å². The third-order valence-electron chi connectivity index (χ3n) is 3.02. The van der Waals surface area contributed by atoms with Gasteiger partial charge in [0.15, 0.2) is 0 Å². The molecular weight excluding hydrogens is 202 g/mol. The summed E-state index contributed by atoms with van der Waals surface area (Å²) in [6.07, 6.45) is 4.00. The number of nitrogens with zero attached hydrogens (tertiary/aromatic N) is 1. The highest BCUT2D eigenvalue weighted by Crippen LogP contribution is 2.09. The molecule has 0 N–H and O–H groups in total. The number of hydrogen-bond acceptors (Lipinski definition) is 3. The standard InChI is InChI=1S/C13H27NO2/c1-5-13(6-2)14(10-11-16-4)9-7-8-12(3)15/h13H,5-11H2,1-4H3.